The first-order chi connectivity index (χ1) is 7.83. The van der Waals surface area contributed by atoms with Gasteiger partial charge in [0.2, 0.25) is 0 Å². The molecule has 17 heavy (non-hydrogen) atoms. The highest BCUT2D eigenvalue weighted by atomic mass is 19.4. The van der Waals surface area contributed by atoms with Crippen LogP contribution in [0.4, 0.5) is 18.9 Å². The molecule has 0 radical (unpaired) electrons. The summed E-state index contributed by atoms with van der Waals surface area (Å²) in [5.41, 5.74) is -0.372. The number of nitrogens with zero attached hydrogens (tertiary/aromatic N) is 1. The van der Waals surface area contributed by atoms with Gasteiger partial charge in [-0.25, -0.2) is 0 Å². The zero-order valence-electron chi connectivity index (χ0n) is 8.65. The number of non-ortho nitro benzene ring substituents is 1. The minimum Gasteiger partial charge on any atom is -0.493 e. The van der Waals surface area contributed by atoms with Crippen LogP contribution in [0, 0.1) is 10.1 Å². The summed E-state index contributed by atoms with van der Waals surface area (Å²) in [7, 11) is 1.22. The summed E-state index contributed by atoms with van der Waals surface area (Å²) in [4.78, 5) is 9.70. The standard InChI is InChI=1S/C9H8F3NO4/c1-16-7-3-2-6(13(14)15)4-8(7)17-5-9(10,11)12/h2-4H,5H2,1H3. The molecule has 0 amide bonds. The summed E-state index contributed by atoms with van der Waals surface area (Å²) in [6.45, 7) is -1.54. The fourth-order valence-electron chi connectivity index (χ4n) is 1.05. The number of nitro benzene ring substituents is 1. The molecule has 0 saturated carbocycles. The van der Waals surface area contributed by atoms with Crippen LogP contribution in [0.25, 0.3) is 0 Å². The molecule has 5 nitrogen and oxygen atoms in total. The smallest absolute Gasteiger partial charge is 0.422 e. The van der Waals surface area contributed by atoms with E-state index in [0.29, 0.717) is 0 Å². The second-order valence-electron chi connectivity index (χ2n) is 3.00. The Hall–Kier alpha value is -1.99. The molecule has 0 fully saturated rings. The lowest BCUT2D eigenvalue weighted by Crippen LogP contribution is -2.19. The Kier molecular flexibility index (Phi) is 3.77. The molecule has 0 spiro atoms. The van der Waals surface area contributed by atoms with Crippen LogP contribution >= 0.6 is 0 Å². The highest BCUT2D eigenvalue weighted by Gasteiger charge is 2.29. The van der Waals surface area contributed by atoms with E-state index in [0.717, 1.165) is 12.1 Å². The van der Waals surface area contributed by atoms with Crippen molar-refractivity contribution in [2.24, 2.45) is 0 Å². The zero-order valence-corrected chi connectivity index (χ0v) is 8.65. The summed E-state index contributed by atoms with van der Waals surface area (Å²) in [6.07, 6.45) is -4.52. The van der Waals surface area contributed by atoms with E-state index < -0.39 is 17.7 Å². The third-order valence-electron chi connectivity index (χ3n) is 1.75. The SMILES string of the molecule is COc1ccc([N+](=O)[O-])cc1OCC(F)(F)F. The van der Waals surface area contributed by atoms with Crippen LogP contribution in [0.2, 0.25) is 0 Å². The number of nitro groups is 1. The van der Waals surface area contributed by atoms with Crippen molar-refractivity contribution < 1.29 is 27.6 Å². The average Bonchev–Trinajstić information content (AvgIpc) is 2.24. The van der Waals surface area contributed by atoms with Crippen LogP contribution in [0.1, 0.15) is 0 Å². The highest BCUT2D eigenvalue weighted by molar-refractivity contribution is 5.48. The molecule has 0 aliphatic carbocycles. The number of benzene rings is 1. The number of halogens is 3. The fraction of sp³-hybridized carbons (Fsp3) is 0.333. The third kappa shape index (κ3) is 3.82. The molecule has 0 aliphatic rings. The van der Waals surface area contributed by atoms with Crippen molar-refractivity contribution in [1.82, 2.24) is 0 Å². The molecular weight excluding hydrogens is 243 g/mol. The lowest BCUT2D eigenvalue weighted by atomic mass is 10.3. The Morgan fingerprint density at radius 2 is 2.00 bits per heavy atom. The van der Waals surface area contributed by atoms with Gasteiger partial charge in [0.15, 0.2) is 18.1 Å². The van der Waals surface area contributed by atoms with Gasteiger partial charge in [0.1, 0.15) is 0 Å². The molecular formula is C9H8F3NO4. The van der Waals surface area contributed by atoms with E-state index in [4.69, 9.17) is 4.74 Å². The number of rotatable bonds is 4. The largest absolute Gasteiger partial charge is 0.493 e. The van der Waals surface area contributed by atoms with Crippen LogP contribution in [-0.4, -0.2) is 24.8 Å². The normalized spacial score (nSPS) is 11.1. The minimum absolute atomic E-state index is 0.000139. The molecule has 94 valence electrons. The number of alkyl halides is 3. The summed E-state index contributed by atoms with van der Waals surface area (Å²) in [5, 5.41) is 10.4. The first-order valence-corrected chi connectivity index (χ1v) is 4.35. The van der Waals surface area contributed by atoms with Crippen molar-refractivity contribution >= 4 is 5.69 Å². The quantitative estimate of drug-likeness (QED) is 0.609. The average molecular weight is 251 g/mol. The Morgan fingerprint density at radius 3 is 2.47 bits per heavy atom. The number of hydrogen-bond donors (Lipinski definition) is 0. The zero-order chi connectivity index (χ0) is 13.1. The van der Waals surface area contributed by atoms with Gasteiger partial charge in [-0.3, -0.25) is 10.1 Å². The monoisotopic (exact) mass is 251 g/mol. The highest BCUT2D eigenvalue weighted by Crippen LogP contribution is 2.32. The van der Waals surface area contributed by atoms with Crippen molar-refractivity contribution in [3.8, 4) is 11.5 Å². The molecule has 1 rings (SSSR count). The second kappa shape index (κ2) is 4.89. The van der Waals surface area contributed by atoms with Gasteiger partial charge in [-0.1, -0.05) is 0 Å². The predicted molar refractivity (Wildman–Crippen MR) is 51.2 cm³/mol. The molecule has 0 bridgehead atoms. The predicted octanol–water partition coefficient (Wildman–Crippen LogP) is 2.54. The molecule has 8 heteroatoms. The van der Waals surface area contributed by atoms with Crippen LogP contribution in [0.15, 0.2) is 18.2 Å². The fourth-order valence-corrected chi connectivity index (χ4v) is 1.05. The lowest BCUT2D eigenvalue weighted by molar-refractivity contribution is -0.385. The van der Waals surface area contributed by atoms with E-state index in [2.05, 4.69) is 4.74 Å². The van der Waals surface area contributed by atoms with Gasteiger partial charge in [0.25, 0.3) is 5.69 Å². The first-order valence-electron chi connectivity index (χ1n) is 4.35. The Bertz CT molecular complexity index is 419. The molecule has 0 saturated heterocycles. The first kappa shape index (κ1) is 13.1. The van der Waals surface area contributed by atoms with E-state index in [-0.39, 0.29) is 17.2 Å². The molecule has 0 aromatic heterocycles. The summed E-state index contributed by atoms with van der Waals surface area (Å²) in [5.74, 6) is -0.320. The molecule has 0 unspecified atom stereocenters. The van der Waals surface area contributed by atoms with Crippen LogP contribution in [-0.2, 0) is 0 Å². The molecule has 1 aromatic carbocycles. The van der Waals surface area contributed by atoms with Crippen LogP contribution < -0.4 is 9.47 Å². The van der Waals surface area contributed by atoms with Crippen molar-refractivity contribution in [3.63, 3.8) is 0 Å². The summed E-state index contributed by atoms with van der Waals surface area (Å²) >= 11 is 0. The maximum atomic E-state index is 11.9. The van der Waals surface area contributed by atoms with E-state index in [1.807, 2.05) is 0 Å². The van der Waals surface area contributed by atoms with Gasteiger partial charge in [0.05, 0.1) is 18.1 Å². The van der Waals surface area contributed by atoms with Crippen molar-refractivity contribution in [3.05, 3.63) is 28.3 Å². The van der Waals surface area contributed by atoms with E-state index >= 15 is 0 Å². The van der Waals surface area contributed by atoms with Crippen LogP contribution in [0.5, 0.6) is 11.5 Å². The van der Waals surface area contributed by atoms with Crippen molar-refractivity contribution in [2.45, 2.75) is 6.18 Å². The molecule has 0 heterocycles. The van der Waals surface area contributed by atoms with Crippen LogP contribution in [0.3, 0.4) is 0 Å². The van der Waals surface area contributed by atoms with E-state index in [1.54, 1.807) is 0 Å². The van der Waals surface area contributed by atoms with Gasteiger partial charge in [-0.15, -0.1) is 0 Å². The maximum Gasteiger partial charge on any atom is 0.422 e. The van der Waals surface area contributed by atoms with E-state index in [1.165, 1.54) is 13.2 Å². The topological polar surface area (TPSA) is 61.6 Å². The molecule has 0 atom stereocenters. The van der Waals surface area contributed by atoms with Gasteiger partial charge in [-0.2, -0.15) is 13.2 Å². The summed E-state index contributed by atoms with van der Waals surface area (Å²) < 4.78 is 45.0. The Balaban J connectivity index is 2.94. The Labute approximate surface area is 93.9 Å². The lowest BCUT2D eigenvalue weighted by Gasteiger charge is -2.11. The summed E-state index contributed by atoms with van der Waals surface area (Å²) in [6, 6.07) is 3.16. The van der Waals surface area contributed by atoms with Crippen molar-refractivity contribution in [1.29, 1.82) is 0 Å². The molecule has 0 aliphatic heterocycles. The molecule has 0 N–H and O–H groups in total. The van der Waals surface area contributed by atoms with Crippen molar-refractivity contribution in [2.75, 3.05) is 13.7 Å². The van der Waals surface area contributed by atoms with Gasteiger partial charge in [0, 0.05) is 6.07 Å². The maximum absolute atomic E-state index is 11.9. The third-order valence-corrected chi connectivity index (χ3v) is 1.75. The van der Waals surface area contributed by atoms with Gasteiger partial charge in [-0.05, 0) is 6.07 Å². The van der Waals surface area contributed by atoms with Gasteiger partial charge < -0.3 is 9.47 Å². The second-order valence-corrected chi connectivity index (χ2v) is 3.00. The number of methoxy groups -OCH3 is 1. The van der Waals surface area contributed by atoms with E-state index in [9.17, 15) is 23.3 Å². The number of hydrogen-bond acceptors (Lipinski definition) is 4. The van der Waals surface area contributed by atoms with Gasteiger partial charge >= 0.3 is 6.18 Å². The minimum atomic E-state index is -4.52. The Morgan fingerprint density at radius 1 is 1.35 bits per heavy atom. The molecule has 1 aromatic rings. The number of ether oxygens (including phenoxy) is 2.